The Labute approximate surface area is 151 Å². The minimum absolute atomic E-state index is 0.241. The first-order valence-corrected chi connectivity index (χ1v) is 9.19. The van der Waals surface area contributed by atoms with Crippen LogP contribution < -0.4 is 4.74 Å². The molecule has 1 saturated carbocycles. The number of halogens is 1. The largest absolute Gasteiger partial charge is 0.497 e. The van der Waals surface area contributed by atoms with Crippen molar-refractivity contribution in [3.8, 4) is 5.75 Å². The number of carbonyl (C=O) groups excluding carboxylic acids is 1. The second-order valence-corrected chi connectivity index (χ2v) is 7.31. The number of thioether (sulfide) groups is 1. The van der Waals surface area contributed by atoms with Crippen LogP contribution in [0.2, 0.25) is 0 Å². The molecule has 3 rings (SSSR count). The first-order valence-electron chi connectivity index (χ1n) is 8.21. The predicted molar refractivity (Wildman–Crippen MR) is 96.6 cm³/mol. The minimum atomic E-state index is -1.38. The van der Waals surface area contributed by atoms with Gasteiger partial charge in [0.1, 0.15) is 17.5 Å². The van der Waals surface area contributed by atoms with Crippen molar-refractivity contribution in [3.05, 3.63) is 59.7 Å². The van der Waals surface area contributed by atoms with E-state index in [-0.39, 0.29) is 24.9 Å². The van der Waals surface area contributed by atoms with E-state index in [1.54, 1.807) is 18.9 Å². The molecule has 0 spiro atoms. The summed E-state index contributed by atoms with van der Waals surface area (Å²) in [6.45, 7) is 1.35. The second kappa shape index (κ2) is 7.48. The van der Waals surface area contributed by atoms with Crippen molar-refractivity contribution in [3.63, 3.8) is 0 Å². The van der Waals surface area contributed by atoms with Crippen LogP contribution in [-0.4, -0.2) is 19.2 Å². The van der Waals surface area contributed by atoms with Gasteiger partial charge in [0.05, 0.1) is 7.11 Å². The molecular weight excluding hydrogens is 339 g/mol. The van der Waals surface area contributed by atoms with Gasteiger partial charge in [-0.1, -0.05) is 24.3 Å². The molecule has 0 aliphatic heterocycles. The quantitative estimate of drug-likeness (QED) is 0.543. The number of hydrogen-bond acceptors (Lipinski definition) is 4. The van der Waals surface area contributed by atoms with Gasteiger partial charge in [-0.3, -0.25) is 4.79 Å². The lowest BCUT2D eigenvalue weighted by Gasteiger charge is -2.40. The molecule has 1 aliphatic rings. The average Bonchev–Trinajstić information content (AvgIpc) is 2.59. The number of esters is 1. The predicted octanol–water partition coefficient (Wildman–Crippen LogP) is 4.88. The standard InChI is InChI=1S/C20H21FO3S/c1-14(22)24-18-11-20(21,12-18)16-5-9-19(10-6-16)25-13-15-3-7-17(23-2)8-4-15/h3-10,18H,11-13H2,1-2H3/t18-,20-. The summed E-state index contributed by atoms with van der Waals surface area (Å²) in [7, 11) is 1.65. The van der Waals surface area contributed by atoms with Crippen LogP contribution >= 0.6 is 11.8 Å². The molecule has 2 aromatic carbocycles. The van der Waals surface area contributed by atoms with Crippen molar-refractivity contribution in [1.82, 2.24) is 0 Å². The Kier molecular flexibility index (Phi) is 5.33. The summed E-state index contributed by atoms with van der Waals surface area (Å²) in [4.78, 5) is 12.0. The van der Waals surface area contributed by atoms with Crippen molar-refractivity contribution < 1.29 is 18.7 Å². The van der Waals surface area contributed by atoms with E-state index in [0.29, 0.717) is 5.56 Å². The van der Waals surface area contributed by atoms with E-state index < -0.39 is 5.67 Å². The Morgan fingerprint density at radius 1 is 1.16 bits per heavy atom. The molecule has 0 saturated heterocycles. The Morgan fingerprint density at radius 3 is 2.36 bits per heavy atom. The molecule has 3 nitrogen and oxygen atoms in total. The Hall–Kier alpha value is -2.01. The van der Waals surface area contributed by atoms with Crippen molar-refractivity contribution in [2.45, 2.75) is 42.2 Å². The summed E-state index contributed by atoms with van der Waals surface area (Å²) in [5.41, 5.74) is 0.490. The highest BCUT2D eigenvalue weighted by atomic mass is 32.2. The smallest absolute Gasteiger partial charge is 0.302 e. The number of methoxy groups -OCH3 is 1. The van der Waals surface area contributed by atoms with Crippen LogP contribution in [0, 0.1) is 0 Å². The fourth-order valence-corrected chi connectivity index (χ4v) is 3.81. The second-order valence-electron chi connectivity index (χ2n) is 6.27. The first kappa shape index (κ1) is 17.8. The number of alkyl halides is 1. The van der Waals surface area contributed by atoms with E-state index in [9.17, 15) is 9.18 Å². The van der Waals surface area contributed by atoms with Crippen LogP contribution in [0.1, 0.15) is 30.9 Å². The number of benzene rings is 2. The van der Waals surface area contributed by atoms with Gasteiger partial charge >= 0.3 is 5.97 Å². The van der Waals surface area contributed by atoms with E-state index in [0.717, 1.165) is 16.4 Å². The van der Waals surface area contributed by atoms with Gasteiger partial charge in [-0.05, 0) is 35.4 Å². The highest BCUT2D eigenvalue weighted by Crippen LogP contribution is 2.47. The molecule has 0 aromatic heterocycles. The Balaban J connectivity index is 1.54. The molecule has 1 aliphatic carbocycles. The average molecular weight is 360 g/mol. The van der Waals surface area contributed by atoms with Crippen LogP contribution in [-0.2, 0) is 21.0 Å². The molecule has 0 heterocycles. The lowest BCUT2D eigenvalue weighted by atomic mass is 9.74. The van der Waals surface area contributed by atoms with Crippen LogP contribution in [0.5, 0.6) is 5.75 Å². The van der Waals surface area contributed by atoms with E-state index in [4.69, 9.17) is 9.47 Å². The first-order chi connectivity index (χ1) is 12.0. The third kappa shape index (κ3) is 4.34. The summed E-state index contributed by atoms with van der Waals surface area (Å²) in [5.74, 6) is 1.34. The number of hydrogen-bond donors (Lipinski definition) is 0. The maximum absolute atomic E-state index is 14.8. The normalized spacial score (nSPS) is 22.1. The number of carbonyl (C=O) groups is 1. The third-order valence-corrected chi connectivity index (χ3v) is 5.45. The number of ether oxygens (including phenoxy) is 2. The van der Waals surface area contributed by atoms with Gasteiger partial charge in [-0.15, -0.1) is 11.8 Å². The maximum Gasteiger partial charge on any atom is 0.302 e. The van der Waals surface area contributed by atoms with Crippen molar-refractivity contribution in [2.24, 2.45) is 0 Å². The zero-order chi connectivity index (χ0) is 17.9. The third-order valence-electron chi connectivity index (χ3n) is 4.37. The Bertz CT molecular complexity index is 722. The molecule has 5 heteroatoms. The summed E-state index contributed by atoms with van der Waals surface area (Å²) in [6, 6.07) is 15.5. The van der Waals surface area contributed by atoms with Crippen molar-refractivity contribution in [1.29, 1.82) is 0 Å². The highest BCUT2D eigenvalue weighted by Gasteiger charge is 2.48. The van der Waals surface area contributed by atoms with Gasteiger partial charge in [-0.25, -0.2) is 4.39 Å². The zero-order valence-electron chi connectivity index (χ0n) is 14.3. The van der Waals surface area contributed by atoms with Crippen molar-refractivity contribution >= 4 is 17.7 Å². The molecule has 132 valence electrons. The van der Waals surface area contributed by atoms with Crippen molar-refractivity contribution in [2.75, 3.05) is 7.11 Å². The molecule has 1 fully saturated rings. The van der Waals surface area contributed by atoms with Crippen LogP contribution in [0.4, 0.5) is 4.39 Å². The van der Waals surface area contributed by atoms with E-state index in [1.165, 1.54) is 12.5 Å². The van der Waals surface area contributed by atoms with Gasteiger partial charge in [0.25, 0.3) is 0 Å². The van der Waals surface area contributed by atoms with Crippen LogP contribution in [0.15, 0.2) is 53.4 Å². The fraction of sp³-hybridized carbons (Fsp3) is 0.350. The monoisotopic (exact) mass is 360 g/mol. The summed E-state index contributed by atoms with van der Waals surface area (Å²) in [5, 5.41) is 0. The maximum atomic E-state index is 14.8. The van der Waals surface area contributed by atoms with Gasteiger partial charge < -0.3 is 9.47 Å². The molecule has 0 bridgehead atoms. The fourth-order valence-electron chi connectivity index (χ4n) is 2.95. The molecule has 0 atom stereocenters. The number of rotatable bonds is 6. The summed E-state index contributed by atoms with van der Waals surface area (Å²) >= 11 is 1.71. The van der Waals surface area contributed by atoms with E-state index in [1.807, 2.05) is 48.5 Å². The van der Waals surface area contributed by atoms with Gasteiger partial charge in [0.15, 0.2) is 0 Å². The van der Waals surface area contributed by atoms with Gasteiger partial charge in [-0.2, -0.15) is 0 Å². The topological polar surface area (TPSA) is 35.5 Å². The van der Waals surface area contributed by atoms with E-state index >= 15 is 0 Å². The minimum Gasteiger partial charge on any atom is -0.497 e. The molecular formula is C20H21FO3S. The molecule has 0 radical (unpaired) electrons. The molecule has 25 heavy (non-hydrogen) atoms. The SMILES string of the molecule is COc1ccc(CSc2ccc([C@]3(F)C[C@H](OC(C)=O)C3)cc2)cc1. The lowest BCUT2D eigenvalue weighted by Crippen LogP contribution is -2.43. The molecule has 0 unspecified atom stereocenters. The van der Waals surface area contributed by atoms with Crippen LogP contribution in [0.3, 0.4) is 0 Å². The Morgan fingerprint density at radius 2 is 1.80 bits per heavy atom. The summed E-state index contributed by atoms with van der Waals surface area (Å²) in [6.07, 6.45) is 0.183. The van der Waals surface area contributed by atoms with Gasteiger partial charge in [0, 0.05) is 30.4 Å². The van der Waals surface area contributed by atoms with E-state index in [2.05, 4.69) is 0 Å². The van der Waals surface area contributed by atoms with Crippen LogP contribution in [0.25, 0.3) is 0 Å². The summed E-state index contributed by atoms with van der Waals surface area (Å²) < 4.78 is 25.0. The molecule has 2 aromatic rings. The molecule has 0 N–H and O–H groups in total. The molecule has 0 amide bonds. The highest BCUT2D eigenvalue weighted by molar-refractivity contribution is 7.98. The zero-order valence-corrected chi connectivity index (χ0v) is 15.1. The van der Waals surface area contributed by atoms with Gasteiger partial charge in [0.2, 0.25) is 0 Å². The lowest BCUT2D eigenvalue weighted by molar-refractivity contribution is -0.161.